The maximum absolute atomic E-state index is 3.53. The Balaban J connectivity index is 2.39. The minimum Gasteiger partial charge on any atom is -0.314 e. The summed E-state index contributed by atoms with van der Waals surface area (Å²) in [7, 11) is 0. The van der Waals surface area contributed by atoms with Gasteiger partial charge in [-0.2, -0.15) is 0 Å². The van der Waals surface area contributed by atoms with E-state index in [-0.39, 0.29) is 0 Å². The normalized spacial score (nSPS) is 25.2. The first kappa shape index (κ1) is 10.8. The first-order valence-corrected chi connectivity index (χ1v) is 5.39. The molecule has 1 N–H and O–H groups in total. The second-order valence-corrected chi connectivity index (χ2v) is 5.35. The van der Waals surface area contributed by atoms with Crippen LogP contribution in [0.15, 0.2) is 11.6 Å². The van der Waals surface area contributed by atoms with Gasteiger partial charge < -0.3 is 5.32 Å². The van der Waals surface area contributed by atoms with Crippen LogP contribution in [0.1, 0.15) is 47.0 Å². The number of rotatable bonds is 2. The molecular weight excluding hydrogens is 158 g/mol. The van der Waals surface area contributed by atoms with Gasteiger partial charge in [-0.15, -0.1) is 0 Å². The summed E-state index contributed by atoms with van der Waals surface area (Å²) in [6.07, 6.45) is 6.34. The van der Waals surface area contributed by atoms with Gasteiger partial charge in [-0.1, -0.05) is 32.4 Å². The summed E-state index contributed by atoms with van der Waals surface area (Å²) in [5.74, 6) is 0. The first-order valence-electron chi connectivity index (χ1n) is 5.39. The SMILES string of the molecule is C/C(=C\C(C)(C)C)CC1CCCN1. The number of hydrogen-bond donors (Lipinski definition) is 1. The molecule has 0 spiro atoms. The Morgan fingerprint density at radius 2 is 2.15 bits per heavy atom. The highest BCUT2D eigenvalue weighted by Crippen LogP contribution is 2.21. The van der Waals surface area contributed by atoms with Crippen LogP contribution in [0, 0.1) is 5.41 Å². The summed E-state index contributed by atoms with van der Waals surface area (Å²) in [5.41, 5.74) is 1.87. The van der Waals surface area contributed by atoms with Gasteiger partial charge in [0.05, 0.1) is 0 Å². The molecule has 1 atom stereocenters. The van der Waals surface area contributed by atoms with E-state index in [1.54, 1.807) is 0 Å². The van der Waals surface area contributed by atoms with Crippen molar-refractivity contribution in [3.05, 3.63) is 11.6 Å². The van der Waals surface area contributed by atoms with Crippen molar-refractivity contribution < 1.29 is 0 Å². The highest BCUT2D eigenvalue weighted by Gasteiger charge is 2.15. The Morgan fingerprint density at radius 3 is 2.62 bits per heavy atom. The van der Waals surface area contributed by atoms with Crippen LogP contribution in [-0.4, -0.2) is 12.6 Å². The zero-order chi connectivity index (χ0) is 9.90. The van der Waals surface area contributed by atoms with Crippen LogP contribution in [0.5, 0.6) is 0 Å². The zero-order valence-corrected chi connectivity index (χ0v) is 9.48. The highest BCUT2D eigenvalue weighted by molar-refractivity contribution is 5.06. The molecule has 1 rings (SSSR count). The largest absolute Gasteiger partial charge is 0.314 e. The first-order chi connectivity index (χ1) is 5.97. The monoisotopic (exact) mass is 181 g/mol. The molecular formula is C12H23N. The molecule has 76 valence electrons. The Labute approximate surface area is 82.6 Å². The lowest BCUT2D eigenvalue weighted by molar-refractivity contribution is 0.528. The predicted molar refractivity (Wildman–Crippen MR) is 58.9 cm³/mol. The van der Waals surface area contributed by atoms with Gasteiger partial charge in [-0.05, 0) is 38.1 Å². The van der Waals surface area contributed by atoms with Gasteiger partial charge >= 0.3 is 0 Å². The Hall–Kier alpha value is -0.300. The minimum absolute atomic E-state index is 0.336. The van der Waals surface area contributed by atoms with E-state index < -0.39 is 0 Å². The van der Waals surface area contributed by atoms with E-state index in [4.69, 9.17) is 0 Å². The Morgan fingerprint density at radius 1 is 1.46 bits per heavy atom. The summed E-state index contributed by atoms with van der Waals surface area (Å²) in [4.78, 5) is 0. The quantitative estimate of drug-likeness (QED) is 0.645. The summed E-state index contributed by atoms with van der Waals surface area (Å²) in [6.45, 7) is 10.3. The number of allylic oxidation sites excluding steroid dienone is 1. The maximum atomic E-state index is 3.53. The number of nitrogens with one attached hydrogen (secondary N) is 1. The minimum atomic E-state index is 0.336. The molecule has 0 saturated carbocycles. The van der Waals surface area contributed by atoms with Gasteiger partial charge in [0.2, 0.25) is 0 Å². The molecule has 0 amide bonds. The fourth-order valence-electron chi connectivity index (χ4n) is 2.12. The lowest BCUT2D eigenvalue weighted by atomic mass is 9.92. The van der Waals surface area contributed by atoms with Crippen molar-refractivity contribution in [3.63, 3.8) is 0 Å². The van der Waals surface area contributed by atoms with Crippen molar-refractivity contribution in [3.8, 4) is 0 Å². The molecule has 13 heavy (non-hydrogen) atoms. The topological polar surface area (TPSA) is 12.0 Å². The van der Waals surface area contributed by atoms with Crippen LogP contribution in [0.4, 0.5) is 0 Å². The van der Waals surface area contributed by atoms with Gasteiger partial charge in [0.1, 0.15) is 0 Å². The van der Waals surface area contributed by atoms with E-state index in [0.717, 1.165) is 6.04 Å². The van der Waals surface area contributed by atoms with E-state index >= 15 is 0 Å². The summed E-state index contributed by atoms with van der Waals surface area (Å²) in [6, 6.07) is 0.749. The van der Waals surface area contributed by atoms with Gasteiger partial charge in [-0.3, -0.25) is 0 Å². The molecule has 0 bridgehead atoms. The van der Waals surface area contributed by atoms with Gasteiger partial charge in [0, 0.05) is 6.04 Å². The van der Waals surface area contributed by atoms with E-state index in [1.807, 2.05) is 0 Å². The van der Waals surface area contributed by atoms with Crippen molar-refractivity contribution >= 4 is 0 Å². The smallest absolute Gasteiger partial charge is 0.0105 e. The average Bonchev–Trinajstić information content (AvgIpc) is 2.34. The maximum Gasteiger partial charge on any atom is 0.0105 e. The van der Waals surface area contributed by atoms with E-state index in [1.165, 1.54) is 31.4 Å². The molecule has 1 nitrogen and oxygen atoms in total. The molecule has 1 unspecified atom stereocenters. The van der Waals surface area contributed by atoms with E-state index in [9.17, 15) is 0 Å². The summed E-state index contributed by atoms with van der Waals surface area (Å²) < 4.78 is 0. The lowest BCUT2D eigenvalue weighted by Crippen LogP contribution is -2.21. The fourth-order valence-corrected chi connectivity index (χ4v) is 2.12. The zero-order valence-electron chi connectivity index (χ0n) is 9.48. The molecule has 0 aliphatic carbocycles. The van der Waals surface area contributed by atoms with Gasteiger partial charge in [0.15, 0.2) is 0 Å². The van der Waals surface area contributed by atoms with Crippen molar-refractivity contribution in [2.75, 3.05) is 6.54 Å². The van der Waals surface area contributed by atoms with Crippen molar-refractivity contribution in [1.82, 2.24) is 5.32 Å². The van der Waals surface area contributed by atoms with E-state index in [0.29, 0.717) is 5.41 Å². The highest BCUT2D eigenvalue weighted by atomic mass is 14.9. The standard InChI is InChI=1S/C12H23N/c1-10(9-12(2,3)4)8-11-6-5-7-13-11/h9,11,13H,5-8H2,1-4H3/b10-9+. The molecule has 0 aromatic rings. The van der Waals surface area contributed by atoms with Crippen LogP contribution < -0.4 is 5.32 Å². The van der Waals surface area contributed by atoms with Crippen LogP contribution in [0.2, 0.25) is 0 Å². The van der Waals surface area contributed by atoms with Gasteiger partial charge in [-0.25, -0.2) is 0 Å². The Kier molecular flexibility index (Phi) is 3.55. The third-order valence-corrected chi connectivity index (χ3v) is 2.41. The second-order valence-electron chi connectivity index (χ2n) is 5.35. The predicted octanol–water partition coefficient (Wildman–Crippen LogP) is 3.12. The van der Waals surface area contributed by atoms with Crippen LogP contribution in [-0.2, 0) is 0 Å². The second kappa shape index (κ2) is 4.28. The molecule has 1 aliphatic rings. The molecule has 1 heteroatoms. The third kappa shape index (κ3) is 4.47. The van der Waals surface area contributed by atoms with Crippen LogP contribution in [0.3, 0.4) is 0 Å². The van der Waals surface area contributed by atoms with Crippen molar-refractivity contribution in [1.29, 1.82) is 0 Å². The molecule has 0 radical (unpaired) electrons. The molecule has 1 fully saturated rings. The van der Waals surface area contributed by atoms with Crippen molar-refractivity contribution in [2.24, 2.45) is 5.41 Å². The van der Waals surface area contributed by atoms with Crippen LogP contribution >= 0.6 is 0 Å². The fraction of sp³-hybridized carbons (Fsp3) is 0.833. The van der Waals surface area contributed by atoms with Gasteiger partial charge in [0.25, 0.3) is 0 Å². The van der Waals surface area contributed by atoms with Crippen molar-refractivity contribution in [2.45, 2.75) is 53.0 Å². The molecule has 0 aromatic heterocycles. The number of hydrogen-bond acceptors (Lipinski definition) is 1. The molecule has 1 aliphatic heterocycles. The summed E-state index contributed by atoms with van der Waals surface area (Å²) in [5, 5.41) is 3.53. The summed E-state index contributed by atoms with van der Waals surface area (Å²) >= 11 is 0. The van der Waals surface area contributed by atoms with E-state index in [2.05, 4.69) is 39.1 Å². The van der Waals surface area contributed by atoms with Crippen LogP contribution in [0.25, 0.3) is 0 Å². The third-order valence-electron chi connectivity index (χ3n) is 2.41. The molecule has 1 saturated heterocycles. The molecule has 0 aromatic carbocycles. The Bertz CT molecular complexity index is 180. The average molecular weight is 181 g/mol. The molecule has 1 heterocycles. The lowest BCUT2D eigenvalue weighted by Gasteiger charge is -2.16.